The number of imide groups is 3. The number of hydrogen-bond donors (Lipinski definition) is 0. The van der Waals surface area contributed by atoms with Gasteiger partial charge in [0.1, 0.15) is 5.57 Å². The molecule has 12 heteroatoms. The molecule has 1 aliphatic heterocycles. The number of nitrogens with zero attached hydrogens (tertiary/aromatic N) is 5. The van der Waals surface area contributed by atoms with Crippen molar-refractivity contribution in [1.82, 2.24) is 19.9 Å². The predicted octanol–water partition coefficient (Wildman–Crippen LogP) is 10.4. The third kappa shape index (κ3) is 10.3. The van der Waals surface area contributed by atoms with Gasteiger partial charge in [-0.1, -0.05) is 98.3 Å². The van der Waals surface area contributed by atoms with Gasteiger partial charge >= 0.3 is 0 Å². The largest absolute Gasteiger partial charge is 0.348 e. The Hall–Kier alpha value is -3.67. The Bertz CT molecular complexity index is 1890. The highest BCUT2D eigenvalue weighted by Gasteiger charge is 2.58. The van der Waals surface area contributed by atoms with Gasteiger partial charge in [-0.25, -0.2) is 4.98 Å². The highest BCUT2D eigenvalue weighted by Crippen LogP contribution is 2.61. The number of amides is 6. The maximum Gasteiger partial charge on any atom is 0.286 e. The van der Waals surface area contributed by atoms with E-state index in [1.807, 2.05) is 0 Å². The van der Waals surface area contributed by atoms with Crippen molar-refractivity contribution in [2.45, 2.75) is 191 Å². The molecule has 344 valence electrons. The third-order valence-electron chi connectivity index (χ3n) is 14.1. The highest BCUT2D eigenvalue weighted by molar-refractivity contribution is 7.16. The Kier molecular flexibility index (Phi) is 15.6. The fraction of sp³-hybridized carbons (Fsp3) is 0.740. The van der Waals surface area contributed by atoms with E-state index in [1.54, 1.807) is 33.8 Å². The molecule has 4 bridgehead atoms. The second kappa shape index (κ2) is 19.6. The first kappa shape index (κ1) is 49.3. The summed E-state index contributed by atoms with van der Waals surface area (Å²) in [7, 11) is 0. The normalized spacial score (nSPS) is 24.2. The first-order valence-corrected chi connectivity index (χ1v) is 24.6. The van der Waals surface area contributed by atoms with Crippen molar-refractivity contribution in [3.05, 3.63) is 27.3 Å². The Morgan fingerprint density at radius 2 is 1.31 bits per heavy atom. The van der Waals surface area contributed by atoms with Crippen molar-refractivity contribution < 1.29 is 28.8 Å². The molecule has 2 unspecified atom stereocenters. The molecule has 0 spiro atoms. The summed E-state index contributed by atoms with van der Waals surface area (Å²) in [5.41, 5.74) is -1.93. The Morgan fingerprint density at radius 1 is 0.806 bits per heavy atom. The van der Waals surface area contributed by atoms with Crippen LogP contribution in [0.25, 0.3) is 6.08 Å². The van der Waals surface area contributed by atoms with Crippen LogP contribution in [0.2, 0.25) is 0 Å². The summed E-state index contributed by atoms with van der Waals surface area (Å²) in [4.78, 5) is 96.5. The minimum absolute atomic E-state index is 0.00549. The molecular formula is C50H77N5O6S. The minimum atomic E-state index is -1.08. The van der Waals surface area contributed by atoms with Crippen molar-refractivity contribution in [2.24, 2.45) is 35.0 Å². The van der Waals surface area contributed by atoms with E-state index in [1.165, 1.54) is 25.2 Å². The van der Waals surface area contributed by atoms with Crippen LogP contribution in [0, 0.1) is 35.0 Å². The summed E-state index contributed by atoms with van der Waals surface area (Å²) in [6.45, 7) is 26.0. The number of anilines is 1. The van der Waals surface area contributed by atoms with E-state index in [0.717, 1.165) is 104 Å². The first-order valence-electron chi connectivity index (χ1n) is 23.8. The van der Waals surface area contributed by atoms with Crippen LogP contribution in [0.15, 0.2) is 16.7 Å². The van der Waals surface area contributed by atoms with Crippen molar-refractivity contribution in [3.63, 3.8) is 0 Å². The lowest BCUT2D eigenvalue weighted by Gasteiger charge is -2.56. The fourth-order valence-corrected chi connectivity index (χ4v) is 12.5. The van der Waals surface area contributed by atoms with Gasteiger partial charge in [0, 0.05) is 43.5 Å². The van der Waals surface area contributed by atoms with Gasteiger partial charge in [0.2, 0.25) is 11.8 Å². The molecule has 2 heterocycles. The zero-order valence-electron chi connectivity index (χ0n) is 40.4. The zero-order valence-corrected chi connectivity index (χ0v) is 41.2. The Morgan fingerprint density at radius 3 is 1.71 bits per heavy atom. The van der Waals surface area contributed by atoms with E-state index in [2.05, 4.69) is 53.4 Å². The molecule has 2 atom stereocenters. The number of hydrogen-bond acceptors (Lipinski definition) is 9. The molecule has 11 nitrogen and oxygen atoms in total. The molecule has 6 rings (SSSR count). The quantitative estimate of drug-likeness (QED) is 0.0860. The minimum Gasteiger partial charge on any atom is -0.348 e. The third-order valence-corrected chi connectivity index (χ3v) is 15.2. The maximum absolute atomic E-state index is 15.2. The van der Waals surface area contributed by atoms with Crippen LogP contribution in [-0.2, 0) is 34.2 Å². The lowest BCUT2D eigenvalue weighted by atomic mass is 9.49. The number of unbranched alkanes of at least 4 members (excludes halogenated alkanes) is 2. The molecule has 0 N–H and O–H groups in total. The number of carbonyl (C=O) groups excluding carboxylic acids is 6. The lowest BCUT2D eigenvalue weighted by Crippen LogP contribution is -2.64. The standard InChI is InChI=1S/C50H77N5O6S/c1-14-18-20-34(16-3)29-52(30-35(17-4)21-19-15-2)47-51-42(48(8,9)10)40(62-47)25-39-31(5)41(44(59)53(32(6)56)49(11,12)13)45(60)55(43(39)58)54(33(7)57)46(61)50-26-36-22-37(27-50)24-38(23-36)28-50/h25,34-38H,14-24,26-30H2,1-13H3/b39-25-. The van der Waals surface area contributed by atoms with Crippen LogP contribution in [-0.4, -0.2) is 74.0 Å². The number of thiazole rings is 1. The number of hydrazine groups is 1. The predicted molar refractivity (Wildman–Crippen MR) is 248 cm³/mol. The smallest absolute Gasteiger partial charge is 0.286 e. The Labute approximate surface area is 376 Å². The lowest BCUT2D eigenvalue weighted by molar-refractivity contribution is -0.188. The topological polar surface area (TPSA) is 128 Å². The van der Waals surface area contributed by atoms with Gasteiger partial charge < -0.3 is 4.90 Å². The summed E-state index contributed by atoms with van der Waals surface area (Å²) in [6.07, 6.45) is 15.6. The van der Waals surface area contributed by atoms with E-state index in [4.69, 9.17) is 4.98 Å². The van der Waals surface area contributed by atoms with E-state index >= 15 is 9.59 Å². The summed E-state index contributed by atoms with van der Waals surface area (Å²) < 4.78 is 0. The van der Waals surface area contributed by atoms with Crippen LogP contribution >= 0.6 is 11.3 Å². The van der Waals surface area contributed by atoms with Crippen LogP contribution in [0.3, 0.4) is 0 Å². The second-order valence-electron chi connectivity index (χ2n) is 21.3. The van der Waals surface area contributed by atoms with Gasteiger partial charge in [0.25, 0.3) is 23.6 Å². The van der Waals surface area contributed by atoms with E-state index in [-0.39, 0.29) is 11.1 Å². The van der Waals surface area contributed by atoms with Crippen molar-refractivity contribution in [2.75, 3.05) is 18.0 Å². The molecular weight excluding hydrogens is 799 g/mol. The molecule has 5 aliphatic rings. The monoisotopic (exact) mass is 876 g/mol. The highest BCUT2D eigenvalue weighted by atomic mass is 32.1. The average molecular weight is 876 g/mol. The van der Waals surface area contributed by atoms with Gasteiger partial charge in [-0.15, -0.1) is 0 Å². The molecule has 0 saturated heterocycles. The van der Waals surface area contributed by atoms with Crippen LogP contribution in [0.1, 0.15) is 190 Å². The maximum atomic E-state index is 15.2. The van der Waals surface area contributed by atoms with Crippen LogP contribution < -0.4 is 4.90 Å². The summed E-state index contributed by atoms with van der Waals surface area (Å²) in [5.74, 6) is -2.70. The summed E-state index contributed by atoms with van der Waals surface area (Å²) in [6, 6.07) is 0. The first-order chi connectivity index (χ1) is 29.0. The van der Waals surface area contributed by atoms with Gasteiger partial charge in [-0.05, 0) is 120 Å². The average Bonchev–Trinajstić information content (AvgIpc) is 3.61. The molecule has 0 radical (unpaired) electrons. The second-order valence-corrected chi connectivity index (χ2v) is 22.4. The zero-order chi connectivity index (χ0) is 46.1. The Balaban J connectivity index is 1.71. The van der Waals surface area contributed by atoms with E-state index in [0.29, 0.717) is 58.7 Å². The van der Waals surface area contributed by atoms with E-state index < -0.39 is 57.4 Å². The molecule has 4 fully saturated rings. The van der Waals surface area contributed by atoms with Crippen molar-refractivity contribution in [1.29, 1.82) is 0 Å². The molecule has 1 aromatic rings. The van der Waals surface area contributed by atoms with Gasteiger partial charge in [-0.3, -0.25) is 33.7 Å². The molecule has 4 saturated carbocycles. The molecule has 0 aromatic carbocycles. The van der Waals surface area contributed by atoms with Crippen LogP contribution in [0.4, 0.5) is 5.13 Å². The fourth-order valence-electron chi connectivity index (χ4n) is 11.3. The molecule has 4 aliphatic carbocycles. The number of rotatable bonds is 17. The molecule has 1 aromatic heterocycles. The number of aromatic nitrogens is 1. The van der Waals surface area contributed by atoms with E-state index in [9.17, 15) is 19.2 Å². The summed E-state index contributed by atoms with van der Waals surface area (Å²) >= 11 is 1.49. The van der Waals surface area contributed by atoms with Crippen LogP contribution in [0.5, 0.6) is 0 Å². The molecule has 6 amide bonds. The van der Waals surface area contributed by atoms with Crippen molar-refractivity contribution >= 4 is 58.0 Å². The summed E-state index contributed by atoms with van der Waals surface area (Å²) in [5, 5.41) is 2.23. The SMILES string of the molecule is CCCCC(CC)CN(CC(CC)CCCC)c1nc(C(C)(C)C)c(/C=C2\C(=O)N(N(C(C)=O)C(=O)C34CC5CC(CC(C5)C3)C4)C(=O)C(C(=O)N(C(C)=O)C(C)(C)C)=C2C)s1. The molecule has 62 heavy (non-hydrogen) atoms. The van der Waals surface area contributed by atoms with Gasteiger partial charge in [0.05, 0.1) is 16.0 Å². The van der Waals surface area contributed by atoms with Crippen molar-refractivity contribution in [3.8, 4) is 0 Å². The van der Waals surface area contributed by atoms with Gasteiger partial charge in [0.15, 0.2) is 5.13 Å². The number of carbonyl (C=O) groups is 6. The van der Waals surface area contributed by atoms with Gasteiger partial charge in [-0.2, -0.15) is 10.0 Å².